The molecule has 2 radical (unpaired) electrons. The molecule has 0 fully saturated rings. The van der Waals surface area contributed by atoms with Crippen LogP contribution in [0.2, 0.25) is 6.32 Å². The highest BCUT2D eigenvalue weighted by Gasteiger charge is 2.10. The Bertz CT molecular complexity index is 450. The molecule has 0 bridgehead atoms. The molecule has 0 spiro atoms. The molecule has 1 rings (SSSR count). The minimum Gasteiger partial charge on any atom is -0.384 e. The van der Waals surface area contributed by atoms with Crippen LogP contribution >= 0.6 is 12.6 Å². The van der Waals surface area contributed by atoms with E-state index >= 15 is 0 Å². The van der Waals surface area contributed by atoms with E-state index in [2.05, 4.69) is 36.7 Å². The van der Waals surface area contributed by atoms with Crippen LogP contribution in [-0.2, 0) is 0 Å². The fourth-order valence-electron chi connectivity index (χ4n) is 2.41. The lowest BCUT2D eigenvalue weighted by atomic mass is 9.87. The van der Waals surface area contributed by atoms with Crippen molar-refractivity contribution in [3.63, 3.8) is 0 Å². The lowest BCUT2D eigenvalue weighted by molar-refractivity contribution is 0.648. The summed E-state index contributed by atoms with van der Waals surface area (Å²) in [6.45, 7) is 4.19. The van der Waals surface area contributed by atoms with Gasteiger partial charge >= 0.3 is 0 Å². The van der Waals surface area contributed by atoms with Crippen molar-refractivity contribution < 1.29 is 0 Å². The van der Waals surface area contributed by atoms with Crippen molar-refractivity contribution in [2.75, 3.05) is 5.75 Å². The fourth-order valence-corrected chi connectivity index (χ4v) is 2.75. The summed E-state index contributed by atoms with van der Waals surface area (Å²) >= 11 is 4.39. The van der Waals surface area contributed by atoms with Crippen molar-refractivity contribution in [3.8, 4) is 0 Å². The van der Waals surface area contributed by atoms with Gasteiger partial charge in [0.1, 0.15) is 5.84 Å². The predicted octanol–water partition coefficient (Wildman–Crippen LogP) is 4.22. The van der Waals surface area contributed by atoms with E-state index in [1.54, 1.807) is 0 Å². The zero-order valence-corrected chi connectivity index (χ0v) is 14.2. The van der Waals surface area contributed by atoms with E-state index in [9.17, 15) is 0 Å². The van der Waals surface area contributed by atoms with Gasteiger partial charge in [-0.15, -0.1) is 0 Å². The van der Waals surface area contributed by atoms with E-state index in [0.29, 0.717) is 18.1 Å². The Hall–Kier alpha value is -0.895. The van der Waals surface area contributed by atoms with Gasteiger partial charge in [-0.1, -0.05) is 31.0 Å². The molecule has 0 saturated heterocycles. The van der Waals surface area contributed by atoms with Crippen LogP contribution in [0.4, 0.5) is 0 Å². The Labute approximate surface area is 136 Å². The average molecular weight is 302 g/mol. The van der Waals surface area contributed by atoms with Crippen molar-refractivity contribution in [2.45, 2.75) is 52.3 Å². The third-order valence-corrected chi connectivity index (χ3v) is 4.21. The van der Waals surface area contributed by atoms with Gasteiger partial charge in [0, 0.05) is 11.4 Å². The summed E-state index contributed by atoms with van der Waals surface area (Å²) in [6, 6.07) is 0. The summed E-state index contributed by atoms with van der Waals surface area (Å²) in [7, 11) is 5.67. The molecule has 0 aromatic rings. The van der Waals surface area contributed by atoms with Crippen molar-refractivity contribution >= 4 is 26.3 Å². The largest absolute Gasteiger partial charge is 0.384 e. The zero-order chi connectivity index (χ0) is 15.7. The Balaban J connectivity index is 2.74. The Morgan fingerprint density at radius 3 is 2.71 bits per heavy atom. The topological polar surface area (TPSA) is 38.4 Å². The molecular formula is C17H27BN2S. The highest BCUT2D eigenvalue weighted by Crippen LogP contribution is 2.26. The van der Waals surface area contributed by atoms with Gasteiger partial charge in [0.15, 0.2) is 0 Å². The molecule has 0 aliphatic heterocycles. The van der Waals surface area contributed by atoms with E-state index in [1.165, 1.54) is 24.0 Å². The number of thiol groups is 1. The molecule has 1 unspecified atom stereocenters. The zero-order valence-electron chi connectivity index (χ0n) is 13.3. The summed E-state index contributed by atoms with van der Waals surface area (Å²) in [6.07, 6.45) is 12.3. The number of rotatable bonds is 7. The second-order valence-electron chi connectivity index (χ2n) is 5.69. The number of nitrogens with two attached hydrogens (primary N) is 1. The molecule has 1 atom stereocenters. The standard InChI is InChI=1S/C17H27BN2S/c1-3-14(10-13(2)11-18)8-9-17(19)20-16-7-5-4-6-15(16)12-21/h3,8-9,13,21H,4-7,10-12H2,1-2H3,(H2,19,20)/b9-8-,14-3+. The average Bonchev–Trinajstić information content (AvgIpc) is 2.51. The molecule has 114 valence electrons. The van der Waals surface area contributed by atoms with Crippen LogP contribution in [0.1, 0.15) is 46.0 Å². The molecule has 2 N–H and O–H groups in total. The summed E-state index contributed by atoms with van der Waals surface area (Å²) < 4.78 is 0. The lowest BCUT2D eigenvalue weighted by Gasteiger charge is -2.16. The summed E-state index contributed by atoms with van der Waals surface area (Å²) in [5.41, 5.74) is 9.76. The highest BCUT2D eigenvalue weighted by atomic mass is 32.1. The van der Waals surface area contributed by atoms with Gasteiger partial charge in [0.2, 0.25) is 0 Å². The van der Waals surface area contributed by atoms with Crippen LogP contribution in [0, 0.1) is 5.92 Å². The number of aliphatic imine (C=N–C) groups is 1. The quantitative estimate of drug-likeness (QED) is 0.239. The number of hydrogen-bond acceptors (Lipinski definition) is 2. The van der Waals surface area contributed by atoms with Crippen LogP contribution in [0.5, 0.6) is 0 Å². The molecule has 21 heavy (non-hydrogen) atoms. The minimum absolute atomic E-state index is 0.482. The Kier molecular flexibility index (Phi) is 8.59. The Morgan fingerprint density at radius 1 is 1.38 bits per heavy atom. The minimum atomic E-state index is 0.482. The molecule has 0 saturated carbocycles. The molecular weight excluding hydrogens is 275 g/mol. The monoisotopic (exact) mass is 302 g/mol. The SMILES string of the molecule is [B]CC(C)CC(/C=C\C(N)=NC1=C(CS)CCCC1)=C/C. The van der Waals surface area contributed by atoms with E-state index in [1.807, 2.05) is 13.0 Å². The van der Waals surface area contributed by atoms with Crippen LogP contribution in [0.3, 0.4) is 0 Å². The normalized spacial score (nSPS) is 19.4. The van der Waals surface area contributed by atoms with E-state index in [0.717, 1.165) is 30.7 Å². The van der Waals surface area contributed by atoms with Gasteiger partial charge in [0.05, 0.1) is 7.85 Å². The van der Waals surface area contributed by atoms with Gasteiger partial charge in [0.25, 0.3) is 0 Å². The van der Waals surface area contributed by atoms with Crippen molar-refractivity contribution in [2.24, 2.45) is 16.6 Å². The molecule has 0 aromatic carbocycles. The number of allylic oxidation sites excluding steroid dienone is 4. The van der Waals surface area contributed by atoms with Crippen molar-refractivity contribution in [1.29, 1.82) is 0 Å². The summed E-state index contributed by atoms with van der Waals surface area (Å²) in [5.74, 6) is 1.84. The maximum Gasteiger partial charge on any atom is 0.123 e. The molecule has 0 amide bonds. The predicted molar refractivity (Wildman–Crippen MR) is 98.2 cm³/mol. The number of amidine groups is 1. The molecule has 1 aliphatic rings. The summed E-state index contributed by atoms with van der Waals surface area (Å²) in [5, 5.41) is 0. The molecule has 0 heterocycles. The van der Waals surface area contributed by atoms with E-state index < -0.39 is 0 Å². The van der Waals surface area contributed by atoms with Crippen molar-refractivity contribution in [1.82, 2.24) is 0 Å². The van der Waals surface area contributed by atoms with Gasteiger partial charge in [-0.3, -0.25) is 0 Å². The highest BCUT2D eigenvalue weighted by molar-refractivity contribution is 7.80. The molecule has 0 aromatic heterocycles. The van der Waals surface area contributed by atoms with E-state index in [4.69, 9.17) is 13.6 Å². The number of nitrogens with zero attached hydrogens (tertiary/aromatic N) is 1. The van der Waals surface area contributed by atoms with Crippen LogP contribution in [0.15, 0.2) is 40.1 Å². The van der Waals surface area contributed by atoms with Crippen molar-refractivity contribution in [3.05, 3.63) is 35.1 Å². The summed E-state index contributed by atoms with van der Waals surface area (Å²) in [4.78, 5) is 4.58. The van der Waals surface area contributed by atoms with Gasteiger partial charge < -0.3 is 5.73 Å². The van der Waals surface area contributed by atoms with Crippen LogP contribution < -0.4 is 5.73 Å². The fraction of sp³-hybridized carbons (Fsp3) is 0.588. The van der Waals surface area contributed by atoms with Gasteiger partial charge in [-0.25, -0.2) is 4.99 Å². The first-order valence-corrected chi connectivity index (χ1v) is 8.43. The van der Waals surface area contributed by atoms with Crippen LogP contribution in [0.25, 0.3) is 0 Å². The molecule has 1 aliphatic carbocycles. The lowest BCUT2D eigenvalue weighted by Crippen LogP contribution is -2.10. The maximum absolute atomic E-state index is 6.04. The first kappa shape index (κ1) is 18.2. The third-order valence-electron chi connectivity index (χ3n) is 3.83. The first-order chi connectivity index (χ1) is 10.1. The number of hydrogen-bond donors (Lipinski definition) is 2. The third kappa shape index (κ3) is 6.60. The van der Waals surface area contributed by atoms with Crippen LogP contribution in [-0.4, -0.2) is 19.4 Å². The van der Waals surface area contributed by atoms with Gasteiger partial charge in [-0.2, -0.15) is 12.6 Å². The van der Waals surface area contributed by atoms with E-state index in [-0.39, 0.29) is 0 Å². The smallest absolute Gasteiger partial charge is 0.123 e. The first-order valence-electron chi connectivity index (χ1n) is 7.80. The second kappa shape index (κ2) is 9.94. The maximum atomic E-state index is 6.04. The van der Waals surface area contributed by atoms with Gasteiger partial charge in [-0.05, 0) is 56.6 Å². The molecule has 2 nitrogen and oxygen atoms in total. The second-order valence-corrected chi connectivity index (χ2v) is 6.01. The molecule has 4 heteroatoms. The Morgan fingerprint density at radius 2 is 2.10 bits per heavy atom.